The van der Waals surface area contributed by atoms with E-state index in [4.69, 9.17) is 6.42 Å². The molecule has 84 valence electrons. The number of nitrogens with zero attached hydrogens (tertiary/aromatic N) is 3. The first-order chi connectivity index (χ1) is 7.72. The second kappa shape index (κ2) is 5.86. The molecule has 0 fully saturated rings. The first-order valence-corrected chi connectivity index (χ1v) is 5.14. The summed E-state index contributed by atoms with van der Waals surface area (Å²) < 4.78 is 13.3. The van der Waals surface area contributed by atoms with Gasteiger partial charge in [-0.25, -0.2) is 4.39 Å². The normalized spacial score (nSPS) is 10.4. The van der Waals surface area contributed by atoms with Gasteiger partial charge in [0, 0.05) is 13.1 Å². The van der Waals surface area contributed by atoms with Crippen LogP contribution in [0, 0.1) is 18.2 Å². The van der Waals surface area contributed by atoms with Gasteiger partial charge in [0.2, 0.25) is 0 Å². The lowest BCUT2D eigenvalue weighted by atomic mass is 10.2. The number of terminal acetylenes is 1. The molecule has 0 atom stereocenters. The number of hydrogen-bond acceptors (Lipinski definition) is 2. The minimum Gasteiger partial charge on any atom is -0.279 e. The fraction of sp³-hybridized carbons (Fsp3) is 0.333. The van der Waals surface area contributed by atoms with Crippen LogP contribution < -0.4 is 0 Å². The largest absolute Gasteiger partial charge is 0.279 e. The second-order valence-electron chi connectivity index (χ2n) is 3.11. The molecule has 4 heteroatoms. The number of hydrogen-bond donors (Lipinski definition) is 0. The summed E-state index contributed by atoms with van der Waals surface area (Å²) in [6.45, 7) is 5.44. The van der Waals surface area contributed by atoms with Crippen LogP contribution in [0.4, 0.5) is 10.1 Å². The Morgan fingerprint density at radius 3 is 2.62 bits per heavy atom. The molecule has 0 amide bonds. The Hall–Kier alpha value is -1.89. The van der Waals surface area contributed by atoms with Gasteiger partial charge in [-0.3, -0.25) is 5.01 Å². The van der Waals surface area contributed by atoms with E-state index in [2.05, 4.69) is 16.3 Å². The molecule has 0 bridgehead atoms. The summed E-state index contributed by atoms with van der Waals surface area (Å²) in [5.41, 5.74) is 0.535. The maximum atomic E-state index is 13.3. The van der Waals surface area contributed by atoms with Crippen molar-refractivity contribution in [2.24, 2.45) is 10.3 Å². The van der Waals surface area contributed by atoms with Gasteiger partial charge in [0.15, 0.2) is 0 Å². The standard InChI is InChI=1S/C12H14FN3/c1-4-10-11(13)8-7-9-12(10)14-15-16(5-2)6-3/h1,7-9H,5-6H2,2-3H3/b15-14+. The summed E-state index contributed by atoms with van der Waals surface area (Å²) in [6.07, 6.45) is 5.22. The van der Waals surface area contributed by atoms with E-state index in [0.29, 0.717) is 5.69 Å². The van der Waals surface area contributed by atoms with E-state index in [1.807, 2.05) is 13.8 Å². The van der Waals surface area contributed by atoms with E-state index in [0.717, 1.165) is 13.1 Å². The van der Waals surface area contributed by atoms with Crippen LogP contribution >= 0.6 is 0 Å². The van der Waals surface area contributed by atoms with Crippen molar-refractivity contribution < 1.29 is 4.39 Å². The van der Waals surface area contributed by atoms with Gasteiger partial charge in [-0.05, 0) is 26.0 Å². The van der Waals surface area contributed by atoms with Crippen LogP contribution in [-0.2, 0) is 0 Å². The lowest BCUT2D eigenvalue weighted by Crippen LogP contribution is -2.14. The number of halogens is 1. The van der Waals surface area contributed by atoms with Crippen LogP contribution in [-0.4, -0.2) is 18.1 Å². The van der Waals surface area contributed by atoms with Gasteiger partial charge in [0.25, 0.3) is 0 Å². The molecule has 0 saturated heterocycles. The molecule has 1 rings (SSSR count). The molecule has 0 radical (unpaired) electrons. The van der Waals surface area contributed by atoms with Crippen LogP contribution in [0.25, 0.3) is 0 Å². The zero-order valence-electron chi connectivity index (χ0n) is 9.44. The smallest absolute Gasteiger partial charge is 0.141 e. The molecular weight excluding hydrogens is 205 g/mol. The topological polar surface area (TPSA) is 28.0 Å². The molecule has 3 nitrogen and oxygen atoms in total. The SMILES string of the molecule is C#Cc1c(F)cccc1/N=N/N(CC)CC. The molecule has 1 aromatic rings. The Morgan fingerprint density at radius 1 is 1.38 bits per heavy atom. The molecule has 1 aromatic carbocycles. The highest BCUT2D eigenvalue weighted by Gasteiger charge is 2.04. The average Bonchev–Trinajstić information content (AvgIpc) is 2.30. The Labute approximate surface area is 95.0 Å². The van der Waals surface area contributed by atoms with Crippen molar-refractivity contribution in [3.8, 4) is 12.3 Å². The summed E-state index contributed by atoms with van der Waals surface area (Å²) in [5.74, 6) is 1.83. The fourth-order valence-electron chi connectivity index (χ4n) is 1.20. The van der Waals surface area contributed by atoms with E-state index >= 15 is 0 Å². The van der Waals surface area contributed by atoms with E-state index in [9.17, 15) is 4.39 Å². The third-order valence-corrected chi connectivity index (χ3v) is 2.14. The maximum Gasteiger partial charge on any atom is 0.141 e. The molecule has 0 unspecified atom stereocenters. The van der Waals surface area contributed by atoms with Crippen molar-refractivity contribution in [2.75, 3.05) is 13.1 Å². The monoisotopic (exact) mass is 219 g/mol. The molecule has 0 aliphatic carbocycles. The zero-order chi connectivity index (χ0) is 12.0. The third-order valence-electron chi connectivity index (χ3n) is 2.14. The predicted molar refractivity (Wildman–Crippen MR) is 61.8 cm³/mol. The van der Waals surface area contributed by atoms with Crippen LogP contribution in [0.5, 0.6) is 0 Å². The van der Waals surface area contributed by atoms with Crippen LogP contribution in [0.3, 0.4) is 0 Å². The van der Waals surface area contributed by atoms with Gasteiger partial charge in [0.05, 0.1) is 5.56 Å². The first-order valence-electron chi connectivity index (χ1n) is 5.14. The highest BCUT2D eigenvalue weighted by molar-refractivity contribution is 5.54. The van der Waals surface area contributed by atoms with E-state index in [1.54, 1.807) is 17.1 Å². The molecule has 16 heavy (non-hydrogen) atoms. The van der Waals surface area contributed by atoms with Crippen molar-refractivity contribution in [1.82, 2.24) is 5.01 Å². The van der Waals surface area contributed by atoms with Gasteiger partial charge in [-0.1, -0.05) is 17.2 Å². The molecule has 0 N–H and O–H groups in total. The van der Waals surface area contributed by atoms with Crippen molar-refractivity contribution in [1.29, 1.82) is 0 Å². The summed E-state index contributed by atoms with van der Waals surface area (Å²) in [5, 5.41) is 9.68. The highest BCUT2D eigenvalue weighted by Crippen LogP contribution is 2.21. The summed E-state index contributed by atoms with van der Waals surface area (Å²) in [4.78, 5) is 0. The van der Waals surface area contributed by atoms with Crippen molar-refractivity contribution >= 4 is 5.69 Å². The zero-order valence-corrected chi connectivity index (χ0v) is 9.44. The second-order valence-corrected chi connectivity index (χ2v) is 3.11. The Bertz CT molecular complexity index is 417. The highest BCUT2D eigenvalue weighted by atomic mass is 19.1. The average molecular weight is 219 g/mol. The molecule has 0 aliphatic rings. The Balaban J connectivity index is 2.98. The Kier molecular flexibility index (Phi) is 4.46. The van der Waals surface area contributed by atoms with Crippen LogP contribution in [0.1, 0.15) is 19.4 Å². The van der Waals surface area contributed by atoms with Gasteiger partial charge in [-0.2, -0.15) is 0 Å². The quantitative estimate of drug-likeness (QED) is 0.434. The lowest BCUT2D eigenvalue weighted by molar-refractivity contribution is 0.300. The predicted octanol–water partition coefficient (Wildman–Crippen LogP) is 3.15. The number of rotatable bonds is 4. The minimum absolute atomic E-state index is 0.151. The van der Waals surface area contributed by atoms with Gasteiger partial charge >= 0.3 is 0 Å². The number of benzene rings is 1. The fourth-order valence-corrected chi connectivity index (χ4v) is 1.20. The van der Waals surface area contributed by atoms with Gasteiger partial charge < -0.3 is 0 Å². The molecule has 0 aliphatic heterocycles. The molecular formula is C12H14FN3. The Morgan fingerprint density at radius 2 is 2.06 bits per heavy atom. The molecule has 0 aromatic heterocycles. The summed E-state index contributed by atoms with van der Waals surface area (Å²) in [7, 11) is 0. The lowest BCUT2D eigenvalue weighted by Gasteiger charge is -2.11. The summed E-state index contributed by atoms with van der Waals surface area (Å²) in [6, 6.07) is 4.52. The van der Waals surface area contributed by atoms with Gasteiger partial charge in [0.1, 0.15) is 11.5 Å². The molecule has 0 heterocycles. The third kappa shape index (κ3) is 2.80. The van der Waals surface area contributed by atoms with Crippen molar-refractivity contribution in [3.05, 3.63) is 29.6 Å². The van der Waals surface area contributed by atoms with E-state index in [-0.39, 0.29) is 5.56 Å². The van der Waals surface area contributed by atoms with Crippen molar-refractivity contribution in [2.45, 2.75) is 13.8 Å². The maximum absolute atomic E-state index is 13.3. The van der Waals surface area contributed by atoms with Crippen LogP contribution in [0.2, 0.25) is 0 Å². The van der Waals surface area contributed by atoms with E-state index < -0.39 is 5.82 Å². The minimum atomic E-state index is -0.446. The van der Waals surface area contributed by atoms with Crippen molar-refractivity contribution in [3.63, 3.8) is 0 Å². The van der Waals surface area contributed by atoms with Crippen LogP contribution in [0.15, 0.2) is 28.5 Å². The van der Waals surface area contributed by atoms with Gasteiger partial charge in [-0.15, -0.1) is 11.5 Å². The molecule has 0 saturated carbocycles. The molecule has 0 spiro atoms. The first kappa shape index (κ1) is 12.2. The van der Waals surface area contributed by atoms with E-state index in [1.165, 1.54) is 6.07 Å². The summed E-state index contributed by atoms with van der Waals surface area (Å²) >= 11 is 0.